The number of aliphatic carboxylic acids is 1. The molecule has 0 aliphatic carbocycles. The fourth-order valence-electron chi connectivity index (χ4n) is 4.63. The first-order chi connectivity index (χ1) is 16.9. The van der Waals surface area contributed by atoms with Gasteiger partial charge in [0.15, 0.2) is 0 Å². The van der Waals surface area contributed by atoms with Gasteiger partial charge < -0.3 is 14.9 Å². The molecule has 3 heterocycles. The van der Waals surface area contributed by atoms with Gasteiger partial charge in [0.25, 0.3) is 5.91 Å². The van der Waals surface area contributed by atoms with Gasteiger partial charge in [-0.15, -0.1) is 22.7 Å². The van der Waals surface area contributed by atoms with Crippen molar-refractivity contribution in [1.82, 2.24) is 14.8 Å². The number of carboxylic acids is 1. The van der Waals surface area contributed by atoms with E-state index >= 15 is 0 Å². The Balaban J connectivity index is 1.39. The molecule has 7 nitrogen and oxygen atoms in total. The van der Waals surface area contributed by atoms with Crippen molar-refractivity contribution in [3.63, 3.8) is 0 Å². The Labute approximate surface area is 210 Å². The van der Waals surface area contributed by atoms with E-state index in [9.17, 15) is 14.4 Å². The van der Waals surface area contributed by atoms with Crippen molar-refractivity contribution in [2.75, 3.05) is 13.1 Å². The zero-order valence-electron chi connectivity index (χ0n) is 19.3. The summed E-state index contributed by atoms with van der Waals surface area (Å²) in [5.41, 5.74) is 3.25. The highest BCUT2D eigenvalue weighted by atomic mass is 32.1. The van der Waals surface area contributed by atoms with Crippen molar-refractivity contribution in [3.8, 4) is 0 Å². The SMILES string of the molecule is CC1(C(=O)N(CCCC(=O)O)Cc2ccc3scnc3c2)CCN1C(=O)c1csc2ccccc12. The van der Waals surface area contributed by atoms with Gasteiger partial charge in [0, 0.05) is 41.5 Å². The Bertz CT molecular complexity index is 1430. The summed E-state index contributed by atoms with van der Waals surface area (Å²) in [7, 11) is 0. The molecule has 0 saturated carbocycles. The molecule has 1 atom stereocenters. The highest BCUT2D eigenvalue weighted by molar-refractivity contribution is 7.17. The first-order valence-corrected chi connectivity index (χ1v) is 13.2. The van der Waals surface area contributed by atoms with Gasteiger partial charge in [0.2, 0.25) is 5.91 Å². The third kappa shape index (κ3) is 4.41. The number of hydrogen-bond donors (Lipinski definition) is 1. The van der Waals surface area contributed by atoms with Crippen LogP contribution in [0.1, 0.15) is 42.1 Å². The first kappa shape index (κ1) is 23.4. The normalized spacial score (nSPS) is 17.5. The van der Waals surface area contributed by atoms with Gasteiger partial charge in [-0.3, -0.25) is 14.4 Å². The number of thiazole rings is 1. The van der Waals surface area contributed by atoms with E-state index in [4.69, 9.17) is 5.11 Å². The number of carbonyl (C=O) groups excluding carboxylic acids is 2. The molecule has 1 aliphatic heterocycles. The van der Waals surface area contributed by atoms with E-state index in [1.807, 2.05) is 54.8 Å². The fraction of sp³-hybridized carbons (Fsp3) is 0.308. The molecule has 4 aromatic rings. The van der Waals surface area contributed by atoms with E-state index in [0.29, 0.717) is 38.0 Å². The number of nitrogens with zero attached hydrogens (tertiary/aromatic N) is 3. The lowest BCUT2D eigenvalue weighted by molar-refractivity contribution is -0.150. The molecular weight excluding hydrogens is 482 g/mol. The van der Waals surface area contributed by atoms with Crippen LogP contribution in [0.15, 0.2) is 53.4 Å². The van der Waals surface area contributed by atoms with E-state index < -0.39 is 11.5 Å². The van der Waals surface area contributed by atoms with E-state index in [2.05, 4.69) is 4.98 Å². The standard InChI is InChI=1S/C26H25N3O4S2/c1-26(10-12-29(26)24(32)19-15-34-21-6-3-2-5-18(19)21)25(33)28(11-4-7-23(30)31)14-17-8-9-22-20(13-17)27-16-35-22/h2-3,5-6,8-9,13,15-16H,4,7,10-12,14H2,1H3,(H,30,31). The summed E-state index contributed by atoms with van der Waals surface area (Å²) in [6, 6.07) is 13.7. The number of carboxylic acid groups (broad SMARTS) is 1. The molecule has 1 saturated heterocycles. The van der Waals surface area contributed by atoms with Gasteiger partial charge in [0.1, 0.15) is 5.54 Å². The second-order valence-corrected chi connectivity index (χ2v) is 10.8. The predicted molar refractivity (Wildman–Crippen MR) is 138 cm³/mol. The zero-order valence-corrected chi connectivity index (χ0v) is 20.9. The van der Waals surface area contributed by atoms with Crippen molar-refractivity contribution in [3.05, 3.63) is 64.5 Å². The van der Waals surface area contributed by atoms with Crippen molar-refractivity contribution in [2.24, 2.45) is 0 Å². The second kappa shape index (κ2) is 9.39. The van der Waals surface area contributed by atoms with Crippen molar-refractivity contribution in [2.45, 2.75) is 38.3 Å². The Kier molecular flexibility index (Phi) is 6.29. The van der Waals surface area contributed by atoms with Gasteiger partial charge in [-0.2, -0.15) is 0 Å². The highest BCUT2D eigenvalue weighted by Gasteiger charge is 2.51. The molecule has 35 heavy (non-hydrogen) atoms. The number of fused-ring (bicyclic) bond motifs is 2. The molecule has 1 fully saturated rings. The van der Waals surface area contributed by atoms with Gasteiger partial charge in [-0.1, -0.05) is 24.3 Å². The quantitative estimate of drug-likeness (QED) is 0.362. The summed E-state index contributed by atoms with van der Waals surface area (Å²) in [5.74, 6) is -1.18. The minimum atomic E-state index is -0.964. The van der Waals surface area contributed by atoms with Crippen LogP contribution in [0.25, 0.3) is 20.3 Å². The highest BCUT2D eigenvalue weighted by Crippen LogP contribution is 2.37. The molecule has 0 radical (unpaired) electrons. The van der Waals surface area contributed by atoms with Gasteiger partial charge in [-0.05, 0) is 43.5 Å². The molecule has 1 unspecified atom stereocenters. The van der Waals surface area contributed by atoms with Crippen LogP contribution in [0.3, 0.4) is 0 Å². The lowest BCUT2D eigenvalue weighted by atomic mass is 9.84. The van der Waals surface area contributed by atoms with Crippen LogP contribution < -0.4 is 0 Å². The number of hydrogen-bond acceptors (Lipinski definition) is 6. The van der Waals surface area contributed by atoms with Crippen molar-refractivity contribution in [1.29, 1.82) is 0 Å². The number of aromatic nitrogens is 1. The molecule has 2 aromatic carbocycles. The molecule has 2 amide bonds. The lowest BCUT2D eigenvalue weighted by Gasteiger charge is -2.51. The summed E-state index contributed by atoms with van der Waals surface area (Å²) in [6.45, 7) is 2.97. The van der Waals surface area contributed by atoms with Crippen LogP contribution in [0.4, 0.5) is 0 Å². The number of benzene rings is 2. The molecule has 1 N–H and O–H groups in total. The summed E-state index contributed by atoms with van der Waals surface area (Å²) in [4.78, 5) is 46.2. The van der Waals surface area contributed by atoms with E-state index in [1.54, 1.807) is 26.6 Å². The fourth-order valence-corrected chi connectivity index (χ4v) is 6.23. The monoisotopic (exact) mass is 507 g/mol. The Hall–Kier alpha value is -3.30. The molecule has 1 aliphatic rings. The van der Waals surface area contributed by atoms with Crippen LogP contribution in [-0.4, -0.2) is 56.3 Å². The van der Waals surface area contributed by atoms with Crippen LogP contribution in [-0.2, 0) is 16.1 Å². The Morgan fingerprint density at radius 1 is 1.14 bits per heavy atom. The molecular formula is C26H25N3O4S2. The van der Waals surface area contributed by atoms with Crippen LogP contribution in [0.2, 0.25) is 0 Å². The predicted octanol–water partition coefficient (Wildman–Crippen LogP) is 5.01. The van der Waals surface area contributed by atoms with Crippen molar-refractivity contribution >= 4 is 60.8 Å². The number of rotatable bonds is 8. The van der Waals surface area contributed by atoms with E-state index in [-0.39, 0.29) is 18.2 Å². The maximum Gasteiger partial charge on any atom is 0.303 e. The summed E-state index contributed by atoms with van der Waals surface area (Å²) in [5, 5.41) is 11.9. The molecule has 0 bridgehead atoms. The number of likely N-dealkylation sites (tertiary alicyclic amines) is 1. The summed E-state index contributed by atoms with van der Waals surface area (Å²) in [6.07, 6.45) is 0.897. The van der Waals surface area contributed by atoms with Gasteiger partial charge in [-0.25, -0.2) is 4.98 Å². The molecule has 2 aromatic heterocycles. The van der Waals surface area contributed by atoms with Crippen LogP contribution in [0, 0.1) is 0 Å². The summed E-state index contributed by atoms with van der Waals surface area (Å²) >= 11 is 3.08. The van der Waals surface area contributed by atoms with E-state index in [0.717, 1.165) is 25.9 Å². The second-order valence-electron chi connectivity index (χ2n) is 9.00. The Morgan fingerprint density at radius 3 is 2.74 bits per heavy atom. The number of carbonyl (C=O) groups is 3. The topological polar surface area (TPSA) is 90.8 Å². The minimum Gasteiger partial charge on any atom is -0.481 e. The molecule has 5 rings (SSSR count). The maximum absolute atomic E-state index is 13.9. The first-order valence-electron chi connectivity index (χ1n) is 11.5. The smallest absolute Gasteiger partial charge is 0.303 e. The van der Waals surface area contributed by atoms with Gasteiger partial charge in [0.05, 0.1) is 21.3 Å². The van der Waals surface area contributed by atoms with Crippen LogP contribution in [0.5, 0.6) is 0 Å². The largest absolute Gasteiger partial charge is 0.481 e. The van der Waals surface area contributed by atoms with Gasteiger partial charge >= 0.3 is 5.97 Å². The maximum atomic E-state index is 13.9. The average molecular weight is 508 g/mol. The molecule has 9 heteroatoms. The van der Waals surface area contributed by atoms with Crippen LogP contribution >= 0.6 is 22.7 Å². The van der Waals surface area contributed by atoms with E-state index in [1.165, 1.54) is 11.3 Å². The summed E-state index contributed by atoms with van der Waals surface area (Å²) < 4.78 is 2.11. The third-order valence-corrected chi connectivity index (χ3v) is 8.48. The number of amides is 2. The zero-order chi connectivity index (χ0) is 24.6. The molecule has 180 valence electrons. The van der Waals surface area contributed by atoms with Crippen molar-refractivity contribution < 1.29 is 19.5 Å². The molecule has 0 spiro atoms. The average Bonchev–Trinajstić information content (AvgIpc) is 3.48. The lowest BCUT2D eigenvalue weighted by Crippen LogP contribution is -2.67. The number of thiophene rings is 1. The Morgan fingerprint density at radius 2 is 1.97 bits per heavy atom. The third-order valence-electron chi connectivity index (χ3n) is 6.71. The minimum absolute atomic E-state index is 0.0187.